The zero-order chi connectivity index (χ0) is 13.4. The molecule has 1 heteroatoms. The summed E-state index contributed by atoms with van der Waals surface area (Å²) in [6.07, 6.45) is 8.31. The molecule has 1 aromatic rings. The zero-order valence-corrected chi connectivity index (χ0v) is 12.5. The summed E-state index contributed by atoms with van der Waals surface area (Å²) < 4.78 is 0. The Morgan fingerprint density at radius 3 is 2.56 bits per heavy atom. The smallest absolute Gasteiger partial charge is 0.0476 e. The maximum atomic E-state index is 5.98. The molecule has 0 spiro atoms. The molecule has 0 aliphatic rings. The van der Waals surface area contributed by atoms with E-state index in [0.717, 1.165) is 12.3 Å². The monoisotopic (exact) mass is 264 g/mol. The molecule has 0 N–H and O–H groups in total. The quantitative estimate of drug-likeness (QED) is 0.409. The topological polar surface area (TPSA) is 0 Å². The minimum atomic E-state index is 0.610. The van der Waals surface area contributed by atoms with Crippen molar-refractivity contribution in [3.8, 4) is 0 Å². The van der Waals surface area contributed by atoms with Gasteiger partial charge in [0.15, 0.2) is 0 Å². The lowest BCUT2D eigenvalue weighted by atomic mass is 9.98. The molecule has 1 rings (SSSR count). The molecule has 0 heterocycles. The molecule has 0 aliphatic carbocycles. The number of aryl methyl sites for hydroxylation is 1. The Balaban J connectivity index is 2.47. The number of benzene rings is 1. The number of alkyl halides is 1. The zero-order valence-electron chi connectivity index (χ0n) is 11.7. The number of hydrogen-bond acceptors (Lipinski definition) is 0. The SMILES string of the molecule is C=Cc1ccc(CCl)c(CCCCCC(C)C)c1. The average Bonchev–Trinajstić information content (AvgIpc) is 2.37. The van der Waals surface area contributed by atoms with Gasteiger partial charge in [0.2, 0.25) is 0 Å². The van der Waals surface area contributed by atoms with E-state index in [1.807, 2.05) is 6.08 Å². The molecule has 0 atom stereocenters. The van der Waals surface area contributed by atoms with Gasteiger partial charge in [0, 0.05) is 5.88 Å². The Morgan fingerprint density at radius 1 is 1.17 bits per heavy atom. The van der Waals surface area contributed by atoms with Crippen molar-refractivity contribution >= 4 is 17.7 Å². The molecule has 0 unspecified atom stereocenters. The molecule has 0 saturated heterocycles. The van der Waals surface area contributed by atoms with Crippen LogP contribution in [0.5, 0.6) is 0 Å². The lowest BCUT2D eigenvalue weighted by Gasteiger charge is -2.09. The van der Waals surface area contributed by atoms with Gasteiger partial charge in [-0.2, -0.15) is 0 Å². The third-order valence-electron chi connectivity index (χ3n) is 3.34. The summed E-state index contributed by atoms with van der Waals surface area (Å²) in [6.45, 7) is 8.41. The third-order valence-corrected chi connectivity index (χ3v) is 3.63. The van der Waals surface area contributed by atoms with Gasteiger partial charge in [-0.05, 0) is 35.4 Å². The summed E-state index contributed by atoms with van der Waals surface area (Å²) >= 11 is 5.98. The van der Waals surface area contributed by atoms with Gasteiger partial charge in [0.1, 0.15) is 0 Å². The predicted octanol–water partition coefficient (Wildman–Crippen LogP) is 5.83. The van der Waals surface area contributed by atoms with E-state index in [2.05, 4.69) is 38.6 Å². The molecule has 0 bridgehead atoms. The first kappa shape index (κ1) is 15.3. The van der Waals surface area contributed by atoms with E-state index in [9.17, 15) is 0 Å². The van der Waals surface area contributed by atoms with Crippen molar-refractivity contribution in [3.63, 3.8) is 0 Å². The fourth-order valence-electron chi connectivity index (χ4n) is 2.18. The van der Waals surface area contributed by atoms with E-state index in [1.165, 1.54) is 42.4 Å². The van der Waals surface area contributed by atoms with Crippen molar-refractivity contribution in [1.29, 1.82) is 0 Å². The largest absolute Gasteiger partial charge is 0.122 e. The van der Waals surface area contributed by atoms with Crippen molar-refractivity contribution in [2.24, 2.45) is 5.92 Å². The summed E-state index contributed by atoms with van der Waals surface area (Å²) in [5.41, 5.74) is 3.86. The molecule has 0 fully saturated rings. The summed E-state index contributed by atoms with van der Waals surface area (Å²) in [6, 6.07) is 6.45. The van der Waals surface area contributed by atoms with Gasteiger partial charge < -0.3 is 0 Å². The summed E-state index contributed by atoms with van der Waals surface area (Å²) in [4.78, 5) is 0. The lowest BCUT2D eigenvalue weighted by molar-refractivity contribution is 0.527. The van der Waals surface area contributed by atoms with Gasteiger partial charge in [-0.1, -0.05) is 64.0 Å². The highest BCUT2D eigenvalue weighted by Gasteiger charge is 2.03. The van der Waals surface area contributed by atoms with Crippen LogP contribution in [0.15, 0.2) is 24.8 Å². The summed E-state index contributed by atoms with van der Waals surface area (Å²) in [5.74, 6) is 1.44. The first-order valence-corrected chi connectivity index (χ1v) is 7.51. The first-order valence-electron chi connectivity index (χ1n) is 6.97. The highest BCUT2D eigenvalue weighted by molar-refractivity contribution is 6.17. The molecule has 0 radical (unpaired) electrons. The van der Waals surface area contributed by atoms with Crippen molar-refractivity contribution in [1.82, 2.24) is 0 Å². The van der Waals surface area contributed by atoms with Crippen molar-refractivity contribution < 1.29 is 0 Å². The number of rotatable bonds is 8. The first-order chi connectivity index (χ1) is 8.67. The van der Waals surface area contributed by atoms with Crippen molar-refractivity contribution in [3.05, 3.63) is 41.5 Å². The van der Waals surface area contributed by atoms with Crippen LogP contribution in [0, 0.1) is 5.92 Å². The van der Waals surface area contributed by atoms with Crippen LogP contribution in [0.4, 0.5) is 0 Å². The van der Waals surface area contributed by atoms with Crippen LogP contribution in [-0.4, -0.2) is 0 Å². The Hall–Kier alpha value is -0.750. The van der Waals surface area contributed by atoms with E-state index >= 15 is 0 Å². The Morgan fingerprint density at radius 2 is 1.94 bits per heavy atom. The fourth-order valence-corrected chi connectivity index (χ4v) is 2.44. The Labute approximate surface area is 117 Å². The van der Waals surface area contributed by atoms with E-state index in [4.69, 9.17) is 11.6 Å². The maximum Gasteiger partial charge on any atom is 0.0476 e. The molecular weight excluding hydrogens is 240 g/mol. The van der Waals surface area contributed by atoms with Crippen molar-refractivity contribution in [2.75, 3.05) is 0 Å². The van der Waals surface area contributed by atoms with Gasteiger partial charge in [-0.3, -0.25) is 0 Å². The molecule has 0 saturated carbocycles. The van der Waals surface area contributed by atoms with E-state index in [-0.39, 0.29) is 0 Å². The predicted molar refractivity (Wildman–Crippen MR) is 83.1 cm³/mol. The average molecular weight is 265 g/mol. The normalized spacial score (nSPS) is 10.9. The number of unbranched alkanes of at least 4 members (excludes halogenated alkanes) is 2. The van der Waals surface area contributed by atoms with Gasteiger partial charge in [0.05, 0.1) is 0 Å². The Kier molecular flexibility index (Phi) is 7.12. The second-order valence-electron chi connectivity index (χ2n) is 5.36. The van der Waals surface area contributed by atoms with Crippen LogP contribution >= 0.6 is 11.6 Å². The van der Waals surface area contributed by atoms with Gasteiger partial charge >= 0.3 is 0 Å². The van der Waals surface area contributed by atoms with Crippen LogP contribution < -0.4 is 0 Å². The third kappa shape index (κ3) is 5.27. The Bertz CT molecular complexity index is 366. The van der Waals surface area contributed by atoms with Crippen LogP contribution in [0.1, 0.15) is 56.2 Å². The van der Waals surface area contributed by atoms with Crippen LogP contribution in [-0.2, 0) is 12.3 Å². The van der Waals surface area contributed by atoms with E-state index < -0.39 is 0 Å². The fraction of sp³-hybridized carbons (Fsp3) is 0.529. The van der Waals surface area contributed by atoms with Crippen LogP contribution in [0.2, 0.25) is 0 Å². The van der Waals surface area contributed by atoms with Gasteiger partial charge in [-0.15, -0.1) is 11.6 Å². The molecule has 1 aromatic carbocycles. The van der Waals surface area contributed by atoms with Crippen LogP contribution in [0.25, 0.3) is 6.08 Å². The highest BCUT2D eigenvalue weighted by atomic mass is 35.5. The van der Waals surface area contributed by atoms with Gasteiger partial charge in [-0.25, -0.2) is 0 Å². The second-order valence-corrected chi connectivity index (χ2v) is 5.63. The second kappa shape index (κ2) is 8.37. The van der Waals surface area contributed by atoms with Crippen LogP contribution in [0.3, 0.4) is 0 Å². The van der Waals surface area contributed by atoms with Crippen molar-refractivity contribution in [2.45, 2.75) is 51.8 Å². The molecule has 0 amide bonds. The molecule has 0 aromatic heterocycles. The number of hydrogen-bond donors (Lipinski definition) is 0. The summed E-state index contributed by atoms with van der Waals surface area (Å²) in [7, 11) is 0. The molecule has 0 nitrogen and oxygen atoms in total. The number of halogens is 1. The molecule has 0 aliphatic heterocycles. The molecule has 18 heavy (non-hydrogen) atoms. The lowest BCUT2D eigenvalue weighted by Crippen LogP contribution is -1.94. The minimum Gasteiger partial charge on any atom is -0.122 e. The molecule has 100 valence electrons. The molecular formula is C17H25Cl. The van der Waals surface area contributed by atoms with Gasteiger partial charge in [0.25, 0.3) is 0 Å². The minimum absolute atomic E-state index is 0.610. The van der Waals surface area contributed by atoms with E-state index in [1.54, 1.807) is 0 Å². The summed E-state index contributed by atoms with van der Waals surface area (Å²) in [5, 5.41) is 0. The van der Waals surface area contributed by atoms with E-state index in [0.29, 0.717) is 5.88 Å². The highest BCUT2D eigenvalue weighted by Crippen LogP contribution is 2.18. The maximum absolute atomic E-state index is 5.98. The standard InChI is InChI=1S/C17H25Cl/c1-4-15-10-11-17(13-18)16(12-15)9-7-5-6-8-14(2)3/h4,10-12,14H,1,5-9,13H2,2-3H3.